The second-order valence-electron chi connectivity index (χ2n) is 12.6. The van der Waals surface area contributed by atoms with E-state index >= 15 is 0 Å². The van der Waals surface area contributed by atoms with Crippen LogP contribution < -0.4 is 5.32 Å². The molecular weight excluding hydrogens is 670 g/mol. The fourth-order valence-electron chi connectivity index (χ4n) is 6.79. The van der Waals surface area contributed by atoms with Gasteiger partial charge in [-0.1, -0.05) is 72.8 Å². The number of nitrogens with one attached hydrogen (secondary N) is 1. The van der Waals surface area contributed by atoms with Crippen molar-refractivity contribution in [1.82, 2.24) is 15.1 Å². The van der Waals surface area contributed by atoms with Crippen LogP contribution in [0.5, 0.6) is 0 Å². The van der Waals surface area contributed by atoms with Crippen LogP contribution in [0.4, 0.5) is 5.69 Å². The molecule has 1 saturated heterocycles. The molecular formula is C38H43N5O9. The van der Waals surface area contributed by atoms with Gasteiger partial charge >= 0.3 is 11.9 Å². The van der Waals surface area contributed by atoms with Crippen LogP contribution in [0.15, 0.2) is 107 Å². The first-order valence-corrected chi connectivity index (χ1v) is 17.2. The van der Waals surface area contributed by atoms with E-state index in [4.69, 9.17) is 9.47 Å². The lowest BCUT2D eigenvalue weighted by Gasteiger charge is -2.39. The number of rotatable bonds is 16. The van der Waals surface area contributed by atoms with Crippen LogP contribution in [0.3, 0.4) is 0 Å². The molecule has 1 unspecified atom stereocenters. The zero-order valence-electron chi connectivity index (χ0n) is 29.3. The third kappa shape index (κ3) is 9.59. The van der Waals surface area contributed by atoms with Gasteiger partial charge in [0.25, 0.3) is 10.8 Å². The summed E-state index contributed by atoms with van der Waals surface area (Å²) in [5.41, 5.74) is 3.70. The van der Waals surface area contributed by atoms with Gasteiger partial charge in [-0.15, -0.1) is 10.1 Å². The Morgan fingerprint density at radius 1 is 0.769 bits per heavy atom. The van der Waals surface area contributed by atoms with Crippen LogP contribution >= 0.6 is 0 Å². The Balaban J connectivity index is 1.21. The SMILES string of the molecule is CC1=C(C(=O)OCCCO[N+](=O)[O-])C(c2cccc([N+](=O)[O-])c2)C(C(=O)OCCCN2CCN(C(c3ccccc3)c3ccccc3)CC2)=C(C)N1. The van der Waals surface area contributed by atoms with Gasteiger partial charge in [0.15, 0.2) is 0 Å². The highest BCUT2D eigenvalue weighted by Gasteiger charge is 2.38. The Hall–Kier alpha value is -5.60. The van der Waals surface area contributed by atoms with Crippen LogP contribution in [-0.2, 0) is 23.9 Å². The molecule has 14 nitrogen and oxygen atoms in total. The summed E-state index contributed by atoms with van der Waals surface area (Å²) >= 11 is 0. The molecule has 3 aromatic rings. The number of nitro groups is 1. The molecule has 2 aliphatic rings. The number of allylic oxidation sites excluding steroid dienone is 2. The van der Waals surface area contributed by atoms with Gasteiger partial charge in [0, 0.05) is 62.7 Å². The van der Waals surface area contributed by atoms with E-state index in [1.807, 2.05) is 12.1 Å². The molecule has 274 valence electrons. The first kappa shape index (κ1) is 37.7. The highest BCUT2D eigenvalue weighted by atomic mass is 16.9. The predicted octanol–water partition coefficient (Wildman–Crippen LogP) is 5.31. The summed E-state index contributed by atoms with van der Waals surface area (Å²) in [5.74, 6) is -2.45. The smallest absolute Gasteiger partial charge is 0.336 e. The summed E-state index contributed by atoms with van der Waals surface area (Å²) in [6.07, 6.45) is 0.650. The summed E-state index contributed by atoms with van der Waals surface area (Å²) < 4.78 is 11.2. The zero-order chi connectivity index (χ0) is 37.0. The van der Waals surface area contributed by atoms with Crippen molar-refractivity contribution < 1.29 is 33.9 Å². The van der Waals surface area contributed by atoms with E-state index in [2.05, 4.69) is 68.5 Å². The van der Waals surface area contributed by atoms with E-state index < -0.39 is 27.9 Å². The Labute approximate surface area is 301 Å². The molecule has 14 heteroatoms. The molecule has 1 fully saturated rings. The molecule has 2 heterocycles. The molecule has 0 spiro atoms. The van der Waals surface area contributed by atoms with Gasteiger partial charge in [0.2, 0.25) is 0 Å². The maximum absolute atomic E-state index is 13.8. The van der Waals surface area contributed by atoms with Gasteiger partial charge in [-0.3, -0.25) is 15.0 Å². The third-order valence-electron chi connectivity index (χ3n) is 9.19. The van der Waals surface area contributed by atoms with Gasteiger partial charge in [-0.05, 0) is 37.0 Å². The van der Waals surface area contributed by atoms with E-state index in [9.17, 15) is 29.8 Å². The largest absolute Gasteiger partial charge is 0.462 e. The molecule has 0 amide bonds. The van der Waals surface area contributed by atoms with Gasteiger partial charge in [0.1, 0.15) is 0 Å². The molecule has 2 aliphatic heterocycles. The average molecular weight is 714 g/mol. The maximum atomic E-state index is 13.8. The number of benzene rings is 3. The number of esters is 2. The van der Waals surface area contributed by atoms with Crippen molar-refractivity contribution in [2.45, 2.75) is 38.6 Å². The Kier molecular flexibility index (Phi) is 13.1. The monoisotopic (exact) mass is 713 g/mol. The first-order valence-electron chi connectivity index (χ1n) is 17.2. The molecule has 0 radical (unpaired) electrons. The van der Waals surface area contributed by atoms with E-state index in [0.717, 1.165) is 32.7 Å². The lowest BCUT2D eigenvalue weighted by atomic mass is 9.80. The average Bonchev–Trinajstić information content (AvgIpc) is 3.14. The van der Waals surface area contributed by atoms with E-state index in [1.165, 1.54) is 29.3 Å². The normalized spacial score (nSPS) is 16.7. The number of carbonyl (C=O) groups excluding carboxylic acids is 2. The lowest BCUT2D eigenvalue weighted by molar-refractivity contribution is -0.757. The molecule has 0 aliphatic carbocycles. The maximum Gasteiger partial charge on any atom is 0.336 e. The number of nitro benzene ring substituents is 1. The third-order valence-corrected chi connectivity index (χ3v) is 9.19. The molecule has 0 saturated carbocycles. The number of dihydropyridines is 1. The van der Waals surface area contributed by atoms with Crippen molar-refractivity contribution in [1.29, 1.82) is 0 Å². The molecule has 5 rings (SSSR count). The van der Waals surface area contributed by atoms with E-state index in [1.54, 1.807) is 19.9 Å². The van der Waals surface area contributed by atoms with Crippen molar-refractivity contribution in [3.05, 3.63) is 144 Å². The number of piperazine rings is 1. The number of nitrogens with zero attached hydrogens (tertiary/aromatic N) is 4. The van der Waals surface area contributed by atoms with Crippen LogP contribution in [0.2, 0.25) is 0 Å². The standard InChI is InChI=1S/C38H43N5O9/c1-27-33(35(31-16-9-17-32(26-31)42(46)47)34(28(2)39-27)38(45)51-24-11-25-52-43(48)49)37(44)50-23-10-18-40-19-21-41(22-20-40)36(29-12-5-3-6-13-29)30-14-7-4-8-15-30/h3-9,12-17,26,35-36,39H,10-11,18-25H2,1-2H3. The Bertz CT molecular complexity index is 1750. The number of carbonyl (C=O) groups is 2. The second-order valence-corrected chi connectivity index (χ2v) is 12.6. The van der Waals surface area contributed by atoms with Crippen molar-refractivity contribution in [3.63, 3.8) is 0 Å². The summed E-state index contributed by atoms with van der Waals surface area (Å²) in [7, 11) is 0. The summed E-state index contributed by atoms with van der Waals surface area (Å²) in [4.78, 5) is 57.9. The highest BCUT2D eigenvalue weighted by molar-refractivity contribution is 6.00. The number of ether oxygens (including phenoxy) is 2. The Morgan fingerprint density at radius 3 is 1.87 bits per heavy atom. The molecule has 1 atom stereocenters. The molecule has 3 aromatic carbocycles. The minimum atomic E-state index is -1.02. The van der Waals surface area contributed by atoms with Crippen LogP contribution in [0.1, 0.15) is 55.3 Å². The van der Waals surface area contributed by atoms with Crippen molar-refractivity contribution in [2.75, 3.05) is 52.5 Å². The Morgan fingerprint density at radius 2 is 1.33 bits per heavy atom. The zero-order valence-corrected chi connectivity index (χ0v) is 29.3. The second kappa shape index (κ2) is 18.1. The molecule has 0 bridgehead atoms. The van der Waals surface area contributed by atoms with Crippen molar-refractivity contribution in [2.24, 2.45) is 0 Å². The minimum Gasteiger partial charge on any atom is -0.462 e. The van der Waals surface area contributed by atoms with Gasteiger partial charge in [-0.25, -0.2) is 9.59 Å². The molecule has 1 N–H and O–H groups in total. The fourth-order valence-corrected chi connectivity index (χ4v) is 6.79. The number of hydrogen-bond acceptors (Lipinski definition) is 12. The van der Waals surface area contributed by atoms with Gasteiger partial charge < -0.3 is 24.5 Å². The summed E-state index contributed by atoms with van der Waals surface area (Å²) in [6.45, 7) is 7.22. The van der Waals surface area contributed by atoms with Gasteiger partial charge in [0.05, 0.1) is 47.8 Å². The van der Waals surface area contributed by atoms with Crippen molar-refractivity contribution in [3.8, 4) is 0 Å². The number of non-ortho nitro benzene ring substituents is 1. The summed E-state index contributed by atoms with van der Waals surface area (Å²) in [6, 6.07) is 26.9. The van der Waals surface area contributed by atoms with Crippen molar-refractivity contribution >= 4 is 17.6 Å². The van der Waals surface area contributed by atoms with Crippen LogP contribution in [0, 0.1) is 20.2 Å². The van der Waals surface area contributed by atoms with Crippen LogP contribution in [0.25, 0.3) is 0 Å². The highest BCUT2D eigenvalue weighted by Crippen LogP contribution is 2.40. The predicted molar refractivity (Wildman–Crippen MR) is 191 cm³/mol. The van der Waals surface area contributed by atoms with Crippen LogP contribution in [-0.4, -0.2) is 84.3 Å². The minimum absolute atomic E-state index is 0.0629. The fraction of sp³-hybridized carbons (Fsp3) is 0.368. The topological polar surface area (TPSA) is 167 Å². The van der Waals surface area contributed by atoms with E-state index in [0.29, 0.717) is 23.4 Å². The molecule has 52 heavy (non-hydrogen) atoms. The first-order chi connectivity index (χ1) is 25.1. The number of hydrogen-bond donors (Lipinski definition) is 1. The van der Waals surface area contributed by atoms with E-state index in [-0.39, 0.29) is 49.1 Å². The van der Waals surface area contributed by atoms with Gasteiger partial charge in [-0.2, -0.15) is 0 Å². The quantitative estimate of drug-likeness (QED) is 0.0881. The molecule has 0 aromatic heterocycles. The lowest BCUT2D eigenvalue weighted by Crippen LogP contribution is -2.48. The summed E-state index contributed by atoms with van der Waals surface area (Å²) in [5, 5.41) is 24.2.